The van der Waals surface area contributed by atoms with Crippen molar-refractivity contribution >= 4 is 11.8 Å². The van der Waals surface area contributed by atoms with Crippen molar-refractivity contribution in [3.63, 3.8) is 0 Å². The first kappa shape index (κ1) is 18.9. The summed E-state index contributed by atoms with van der Waals surface area (Å²) in [6.45, 7) is 8.64. The van der Waals surface area contributed by atoms with Gasteiger partial charge in [-0.15, -0.1) is 0 Å². The second kappa shape index (κ2) is 7.39. The number of nitrogens with zero attached hydrogens (tertiary/aromatic N) is 1. The van der Waals surface area contributed by atoms with Crippen LogP contribution in [0.25, 0.3) is 0 Å². The largest absolute Gasteiger partial charge is 0.376 e. The summed E-state index contributed by atoms with van der Waals surface area (Å²) in [6, 6.07) is 8.40. The first-order valence-electron chi connectivity index (χ1n) is 9.56. The lowest BCUT2D eigenvalue weighted by molar-refractivity contribution is -0.136. The molecule has 0 aliphatic carbocycles. The molecule has 5 nitrogen and oxygen atoms in total. The molecule has 2 heterocycles. The summed E-state index contributed by atoms with van der Waals surface area (Å²) in [4.78, 5) is 26.6. The van der Waals surface area contributed by atoms with Crippen molar-refractivity contribution in [2.75, 3.05) is 26.2 Å². The molecule has 5 heteroatoms. The van der Waals surface area contributed by atoms with Crippen LogP contribution in [-0.2, 0) is 19.7 Å². The first-order chi connectivity index (χ1) is 12.3. The van der Waals surface area contributed by atoms with Crippen LogP contribution in [0, 0.1) is 6.92 Å². The van der Waals surface area contributed by atoms with Gasteiger partial charge in [-0.05, 0) is 44.7 Å². The van der Waals surface area contributed by atoms with Gasteiger partial charge >= 0.3 is 0 Å². The van der Waals surface area contributed by atoms with E-state index < -0.39 is 0 Å². The predicted octanol–water partition coefficient (Wildman–Crippen LogP) is 2.56. The number of amides is 2. The van der Waals surface area contributed by atoms with Gasteiger partial charge in [0.25, 0.3) is 0 Å². The Morgan fingerprint density at radius 2 is 2.04 bits per heavy atom. The Kier molecular flexibility index (Phi) is 5.37. The molecular formula is C21H30N2O3. The van der Waals surface area contributed by atoms with Crippen LogP contribution >= 0.6 is 0 Å². The topological polar surface area (TPSA) is 58.6 Å². The highest BCUT2D eigenvalue weighted by atomic mass is 16.5. The van der Waals surface area contributed by atoms with Gasteiger partial charge in [-0.3, -0.25) is 9.59 Å². The molecule has 3 rings (SSSR count). The molecule has 2 amide bonds. The van der Waals surface area contributed by atoms with Crippen LogP contribution in [0.5, 0.6) is 0 Å². The Morgan fingerprint density at radius 3 is 2.77 bits per heavy atom. The number of hydrogen-bond donors (Lipinski definition) is 1. The second-order valence-corrected chi connectivity index (χ2v) is 8.29. The molecule has 0 spiro atoms. The molecule has 2 saturated heterocycles. The number of benzene rings is 1. The van der Waals surface area contributed by atoms with Crippen molar-refractivity contribution in [2.24, 2.45) is 0 Å². The molecule has 0 radical (unpaired) electrons. The van der Waals surface area contributed by atoms with Crippen LogP contribution in [0.2, 0.25) is 0 Å². The second-order valence-electron chi connectivity index (χ2n) is 8.29. The molecule has 26 heavy (non-hydrogen) atoms. The third kappa shape index (κ3) is 4.09. The molecule has 0 unspecified atom stereocenters. The van der Waals surface area contributed by atoms with Gasteiger partial charge in [0.2, 0.25) is 11.8 Å². The van der Waals surface area contributed by atoms with Crippen molar-refractivity contribution in [1.82, 2.24) is 10.2 Å². The minimum absolute atomic E-state index is 0.0288. The molecular weight excluding hydrogens is 328 g/mol. The molecule has 0 saturated carbocycles. The van der Waals surface area contributed by atoms with Crippen molar-refractivity contribution in [3.05, 3.63) is 35.4 Å². The standard InChI is InChI=1S/C21H30N2O3/c1-16-6-4-5-7-17(16)21(9-13-26-20(2,3)15-21)14-19(25)23-11-8-18(24)22-10-12-23/h4-7H,8-15H2,1-3H3,(H,22,24)/t21-/m0/s1. The molecule has 0 bridgehead atoms. The predicted molar refractivity (Wildman–Crippen MR) is 101 cm³/mol. The molecule has 1 atom stereocenters. The third-order valence-electron chi connectivity index (χ3n) is 5.71. The summed E-state index contributed by atoms with van der Waals surface area (Å²) in [5, 5.41) is 2.84. The van der Waals surface area contributed by atoms with E-state index in [0.29, 0.717) is 39.1 Å². The SMILES string of the molecule is Cc1ccccc1[C@]1(CC(=O)N2CCNC(=O)CC2)CCOC(C)(C)C1. The van der Waals surface area contributed by atoms with E-state index in [1.54, 1.807) is 0 Å². The summed E-state index contributed by atoms with van der Waals surface area (Å²) in [5.74, 6) is 0.170. The zero-order valence-electron chi connectivity index (χ0n) is 16.1. The Hall–Kier alpha value is -1.88. The lowest BCUT2D eigenvalue weighted by Crippen LogP contribution is -2.48. The van der Waals surface area contributed by atoms with E-state index >= 15 is 0 Å². The summed E-state index contributed by atoms with van der Waals surface area (Å²) >= 11 is 0. The van der Waals surface area contributed by atoms with Crippen molar-refractivity contribution in [2.45, 2.75) is 57.5 Å². The average molecular weight is 358 g/mol. The number of nitrogens with one attached hydrogen (secondary N) is 1. The molecule has 1 aromatic carbocycles. The molecule has 2 aliphatic rings. The normalized spacial score (nSPS) is 26.1. The molecule has 1 N–H and O–H groups in total. The van der Waals surface area contributed by atoms with Crippen LogP contribution in [0.1, 0.15) is 50.7 Å². The minimum Gasteiger partial charge on any atom is -0.376 e. The van der Waals surface area contributed by atoms with Crippen molar-refractivity contribution < 1.29 is 14.3 Å². The molecule has 142 valence electrons. The minimum atomic E-state index is -0.253. The smallest absolute Gasteiger partial charge is 0.223 e. The highest BCUT2D eigenvalue weighted by Gasteiger charge is 2.44. The Bertz CT molecular complexity index is 686. The van der Waals surface area contributed by atoms with E-state index in [0.717, 1.165) is 12.8 Å². The number of carbonyl (C=O) groups excluding carboxylic acids is 2. The fourth-order valence-electron chi connectivity index (χ4n) is 4.54. The zero-order valence-corrected chi connectivity index (χ0v) is 16.1. The van der Waals surface area contributed by atoms with Gasteiger partial charge in [-0.1, -0.05) is 24.3 Å². The van der Waals surface area contributed by atoms with E-state index in [4.69, 9.17) is 4.74 Å². The lowest BCUT2D eigenvalue weighted by atomic mass is 9.66. The number of rotatable bonds is 3. The fourth-order valence-corrected chi connectivity index (χ4v) is 4.54. The van der Waals surface area contributed by atoms with Gasteiger partial charge < -0.3 is 15.0 Å². The first-order valence-corrected chi connectivity index (χ1v) is 9.56. The maximum atomic E-state index is 13.2. The van der Waals surface area contributed by atoms with Crippen LogP contribution in [0.15, 0.2) is 24.3 Å². The van der Waals surface area contributed by atoms with Gasteiger partial charge in [-0.25, -0.2) is 0 Å². The maximum Gasteiger partial charge on any atom is 0.223 e. The van der Waals surface area contributed by atoms with Crippen LogP contribution in [-0.4, -0.2) is 48.6 Å². The van der Waals surface area contributed by atoms with Crippen molar-refractivity contribution in [3.8, 4) is 0 Å². The van der Waals surface area contributed by atoms with Gasteiger partial charge in [0.1, 0.15) is 0 Å². The van der Waals surface area contributed by atoms with Crippen LogP contribution in [0.4, 0.5) is 0 Å². The summed E-state index contributed by atoms with van der Waals surface area (Å²) < 4.78 is 5.96. The highest BCUT2D eigenvalue weighted by molar-refractivity contribution is 5.81. The van der Waals surface area contributed by atoms with Gasteiger partial charge in [0.05, 0.1) is 5.60 Å². The lowest BCUT2D eigenvalue weighted by Gasteiger charge is -2.46. The Balaban J connectivity index is 1.88. The van der Waals surface area contributed by atoms with Gasteiger partial charge in [0, 0.05) is 44.5 Å². The summed E-state index contributed by atoms with van der Waals surface area (Å²) in [5.41, 5.74) is 2.02. The fraction of sp³-hybridized carbons (Fsp3) is 0.619. The summed E-state index contributed by atoms with van der Waals surface area (Å²) in [6.07, 6.45) is 2.52. The number of hydrogen-bond acceptors (Lipinski definition) is 3. The van der Waals surface area contributed by atoms with E-state index in [1.807, 2.05) is 11.0 Å². The zero-order chi connectivity index (χ0) is 18.8. The highest BCUT2D eigenvalue weighted by Crippen LogP contribution is 2.45. The van der Waals surface area contributed by atoms with Crippen LogP contribution in [0.3, 0.4) is 0 Å². The van der Waals surface area contributed by atoms with E-state index in [-0.39, 0.29) is 22.8 Å². The monoisotopic (exact) mass is 358 g/mol. The van der Waals surface area contributed by atoms with Crippen LogP contribution < -0.4 is 5.32 Å². The Labute approximate surface area is 156 Å². The number of ether oxygens (including phenoxy) is 1. The Morgan fingerprint density at radius 1 is 1.27 bits per heavy atom. The average Bonchev–Trinajstić information content (AvgIpc) is 2.79. The quantitative estimate of drug-likeness (QED) is 0.903. The summed E-state index contributed by atoms with van der Waals surface area (Å²) in [7, 11) is 0. The number of carbonyl (C=O) groups is 2. The van der Waals surface area contributed by atoms with Gasteiger partial charge in [-0.2, -0.15) is 0 Å². The third-order valence-corrected chi connectivity index (χ3v) is 5.71. The molecule has 1 aromatic rings. The molecule has 0 aromatic heterocycles. The van der Waals surface area contributed by atoms with Gasteiger partial charge in [0.15, 0.2) is 0 Å². The molecule has 2 aliphatic heterocycles. The number of aryl methyl sites for hydroxylation is 1. The van der Waals surface area contributed by atoms with E-state index in [9.17, 15) is 9.59 Å². The maximum absolute atomic E-state index is 13.2. The van der Waals surface area contributed by atoms with E-state index in [2.05, 4.69) is 44.3 Å². The van der Waals surface area contributed by atoms with E-state index in [1.165, 1.54) is 11.1 Å². The molecule has 2 fully saturated rings. The van der Waals surface area contributed by atoms with Crippen molar-refractivity contribution in [1.29, 1.82) is 0 Å².